The molecule has 4 heterocycles. The van der Waals surface area contributed by atoms with Crippen molar-refractivity contribution in [3.63, 3.8) is 0 Å². The number of carbonyl (C=O) groups is 1. The summed E-state index contributed by atoms with van der Waals surface area (Å²) < 4.78 is 6.95. The standard InChI is InChI=1S/C36H54N4O5S2/c1-25(2)30-21-26(23-46-30)33(43)40-19-20-45-36(24-40)13-17-39(18-14-36)16-7-5-6-11-35(3,4)12-8-15-37-22-29(42)27-9-10-28(41)31-32(27)47-34(44)38-31/h9-10,21,23,25,29,37,41-42H,5-8,11-20,22,24H2,1-4H3,(H,38,44)/t29-/m0/s1. The van der Waals surface area contributed by atoms with Gasteiger partial charge in [0.05, 0.1) is 35.1 Å². The number of piperidine rings is 1. The Labute approximate surface area is 287 Å². The van der Waals surface area contributed by atoms with Crippen molar-refractivity contribution in [3.8, 4) is 5.75 Å². The molecule has 0 radical (unpaired) electrons. The summed E-state index contributed by atoms with van der Waals surface area (Å²) in [4.78, 5) is 33.3. The van der Waals surface area contributed by atoms with E-state index in [2.05, 4.69) is 49.0 Å². The maximum Gasteiger partial charge on any atom is 0.305 e. The van der Waals surface area contributed by atoms with Gasteiger partial charge in [-0.1, -0.05) is 57.9 Å². The number of phenols is 1. The van der Waals surface area contributed by atoms with Crippen molar-refractivity contribution >= 4 is 38.8 Å². The van der Waals surface area contributed by atoms with E-state index in [4.69, 9.17) is 4.74 Å². The lowest BCUT2D eigenvalue weighted by Crippen LogP contribution is -2.58. The molecule has 9 nitrogen and oxygen atoms in total. The Hall–Kier alpha value is -2.28. The number of likely N-dealkylation sites (tertiary alicyclic amines) is 1. The smallest absolute Gasteiger partial charge is 0.305 e. The van der Waals surface area contributed by atoms with Crippen molar-refractivity contribution in [1.82, 2.24) is 20.1 Å². The molecule has 4 N–H and O–H groups in total. The van der Waals surface area contributed by atoms with Crippen molar-refractivity contribution in [2.45, 2.75) is 96.7 Å². The predicted octanol–water partition coefficient (Wildman–Crippen LogP) is 6.48. The number of amides is 1. The highest BCUT2D eigenvalue weighted by molar-refractivity contribution is 7.16. The number of hydrogen-bond donors (Lipinski definition) is 4. The number of hydrogen-bond acceptors (Lipinski definition) is 9. The maximum atomic E-state index is 13.2. The molecule has 0 bridgehead atoms. The minimum absolute atomic E-state index is 0.0238. The first-order valence-corrected chi connectivity index (χ1v) is 19.1. The van der Waals surface area contributed by atoms with Crippen molar-refractivity contribution in [2.24, 2.45) is 5.41 Å². The molecule has 11 heteroatoms. The van der Waals surface area contributed by atoms with Crippen LogP contribution in [0, 0.1) is 5.41 Å². The summed E-state index contributed by atoms with van der Waals surface area (Å²) >= 11 is 2.70. The summed E-state index contributed by atoms with van der Waals surface area (Å²) in [6.07, 6.45) is 8.28. The number of aromatic hydroxyl groups is 1. The number of thiophene rings is 1. The van der Waals surface area contributed by atoms with Crippen molar-refractivity contribution in [1.29, 1.82) is 0 Å². The number of ether oxygens (including phenoxy) is 1. The zero-order valence-electron chi connectivity index (χ0n) is 28.6. The normalized spacial score (nSPS) is 18.0. The van der Waals surface area contributed by atoms with Crippen LogP contribution in [-0.4, -0.2) is 88.9 Å². The highest BCUT2D eigenvalue weighted by atomic mass is 32.1. The van der Waals surface area contributed by atoms with E-state index in [0.717, 1.165) is 68.8 Å². The average molecular weight is 687 g/mol. The van der Waals surface area contributed by atoms with Gasteiger partial charge >= 0.3 is 4.87 Å². The van der Waals surface area contributed by atoms with Gasteiger partial charge in [-0.25, -0.2) is 0 Å². The van der Waals surface area contributed by atoms with Gasteiger partial charge in [0.15, 0.2) is 0 Å². The molecular weight excluding hydrogens is 633 g/mol. The minimum Gasteiger partial charge on any atom is -0.506 e. The Morgan fingerprint density at radius 1 is 1.13 bits per heavy atom. The minimum atomic E-state index is -0.744. The van der Waals surface area contributed by atoms with Gasteiger partial charge in [-0.2, -0.15) is 0 Å². The number of rotatable bonds is 15. The molecule has 2 aromatic heterocycles. The number of aliphatic hydroxyl groups excluding tert-OH is 1. The van der Waals surface area contributed by atoms with Gasteiger partial charge in [0, 0.05) is 42.0 Å². The second-order valence-electron chi connectivity index (χ2n) is 14.7. The molecule has 1 atom stereocenters. The van der Waals surface area contributed by atoms with E-state index in [1.807, 2.05) is 10.3 Å². The van der Waals surface area contributed by atoms with Crippen LogP contribution >= 0.6 is 22.7 Å². The molecule has 2 fully saturated rings. The van der Waals surface area contributed by atoms with Crippen LogP contribution in [0.4, 0.5) is 0 Å². The molecule has 2 aliphatic heterocycles. The van der Waals surface area contributed by atoms with E-state index in [9.17, 15) is 19.8 Å². The third kappa shape index (κ3) is 9.45. The second kappa shape index (κ2) is 16.0. The number of phenolic OH excluding ortho intramolecular Hbond substituents is 1. The fourth-order valence-corrected chi connectivity index (χ4v) is 8.86. The number of nitrogens with zero attached hydrogens (tertiary/aromatic N) is 2. The number of aromatic nitrogens is 1. The Kier molecular flexibility index (Phi) is 12.2. The van der Waals surface area contributed by atoms with Crippen molar-refractivity contribution in [2.75, 3.05) is 52.4 Å². The van der Waals surface area contributed by atoms with Crippen LogP contribution in [0.15, 0.2) is 28.4 Å². The zero-order valence-corrected chi connectivity index (χ0v) is 30.2. The number of thiazole rings is 1. The molecule has 3 aromatic rings. The van der Waals surface area contributed by atoms with E-state index in [1.54, 1.807) is 17.4 Å². The van der Waals surface area contributed by atoms with Gasteiger partial charge in [-0.3, -0.25) is 9.59 Å². The number of carbonyl (C=O) groups excluding carboxylic acids is 1. The van der Waals surface area contributed by atoms with Crippen molar-refractivity contribution in [3.05, 3.63) is 49.3 Å². The Bertz CT molecular complexity index is 1520. The van der Waals surface area contributed by atoms with Gasteiger partial charge in [-0.05, 0) is 75.1 Å². The van der Waals surface area contributed by atoms with Crippen LogP contribution in [-0.2, 0) is 4.74 Å². The van der Waals surface area contributed by atoms with Gasteiger partial charge < -0.3 is 35.1 Å². The number of aliphatic hydroxyl groups is 1. The van der Waals surface area contributed by atoms with E-state index in [0.29, 0.717) is 47.9 Å². The summed E-state index contributed by atoms with van der Waals surface area (Å²) in [5.41, 5.74) is 1.97. The summed E-state index contributed by atoms with van der Waals surface area (Å²) in [5, 5.41) is 26.1. The fourth-order valence-electron chi connectivity index (χ4n) is 7.04. The third-order valence-electron chi connectivity index (χ3n) is 10.1. The number of morpholine rings is 1. The van der Waals surface area contributed by atoms with E-state index >= 15 is 0 Å². The zero-order chi connectivity index (χ0) is 33.6. The molecule has 0 unspecified atom stereocenters. The first kappa shape index (κ1) is 36.0. The number of unbranched alkanes of at least 4 members (excludes halogenated alkanes) is 2. The summed E-state index contributed by atoms with van der Waals surface area (Å²) in [6, 6.07) is 5.28. The largest absolute Gasteiger partial charge is 0.506 e. The monoisotopic (exact) mass is 686 g/mol. The van der Waals surface area contributed by atoms with E-state index in [-0.39, 0.29) is 27.5 Å². The first-order valence-electron chi connectivity index (χ1n) is 17.4. The Balaban J connectivity index is 0.935. The van der Waals surface area contributed by atoms with Crippen molar-refractivity contribution < 1.29 is 19.7 Å². The third-order valence-corrected chi connectivity index (χ3v) is 12.2. The molecule has 2 saturated heterocycles. The fraction of sp³-hybridized carbons (Fsp3) is 0.667. The first-order chi connectivity index (χ1) is 22.5. The summed E-state index contributed by atoms with van der Waals surface area (Å²) in [7, 11) is 0. The van der Waals surface area contributed by atoms with Gasteiger partial charge in [0.1, 0.15) is 11.3 Å². The topological polar surface area (TPSA) is 118 Å². The van der Waals surface area contributed by atoms with Crippen LogP contribution in [0.25, 0.3) is 10.2 Å². The molecule has 1 amide bonds. The average Bonchev–Trinajstić information content (AvgIpc) is 3.69. The van der Waals surface area contributed by atoms with Gasteiger partial charge in [0.25, 0.3) is 5.91 Å². The quantitative estimate of drug-likeness (QED) is 0.135. The number of fused-ring (bicyclic) bond motifs is 1. The SMILES string of the molecule is CC(C)c1cc(C(=O)N2CCOC3(CCN(CCCCCC(C)(C)CCCNC[C@H](O)c4ccc(O)c5[nH]c(=O)sc45)CC3)C2)cs1. The highest BCUT2D eigenvalue weighted by Gasteiger charge is 2.41. The summed E-state index contributed by atoms with van der Waals surface area (Å²) in [6.45, 7) is 15.5. The van der Waals surface area contributed by atoms with Crippen LogP contribution < -0.4 is 10.2 Å². The van der Waals surface area contributed by atoms with Crippen LogP contribution in [0.1, 0.15) is 112 Å². The van der Waals surface area contributed by atoms with Crippen LogP contribution in [0.5, 0.6) is 5.75 Å². The van der Waals surface area contributed by atoms with E-state index in [1.165, 1.54) is 36.6 Å². The lowest BCUT2D eigenvalue weighted by Gasteiger charge is -2.47. The molecule has 1 aromatic carbocycles. The molecule has 2 aliphatic rings. The molecule has 1 spiro atoms. The molecule has 260 valence electrons. The lowest BCUT2D eigenvalue weighted by molar-refractivity contribution is -0.127. The molecule has 5 rings (SSSR count). The van der Waals surface area contributed by atoms with Crippen LogP contribution in [0.2, 0.25) is 0 Å². The number of nitrogens with one attached hydrogen (secondary N) is 2. The number of benzene rings is 1. The molecule has 47 heavy (non-hydrogen) atoms. The molecule has 0 aliphatic carbocycles. The highest BCUT2D eigenvalue weighted by Crippen LogP contribution is 2.34. The van der Waals surface area contributed by atoms with Gasteiger partial charge in [0.2, 0.25) is 0 Å². The molecule has 0 saturated carbocycles. The molecular formula is C36H54N4O5S2. The predicted molar refractivity (Wildman–Crippen MR) is 192 cm³/mol. The van der Waals surface area contributed by atoms with Gasteiger partial charge in [-0.15, -0.1) is 11.3 Å². The Morgan fingerprint density at radius 2 is 1.89 bits per heavy atom. The lowest BCUT2D eigenvalue weighted by atomic mass is 9.82. The number of aromatic amines is 1. The number of H-pyrrole nitrogens is 1. The Morgan fingerprint density at radius 3 is 2.64 bits per heavy atom. The van der Waals surface area contributed by atoms with Crippen LogP contribution in [0.3, 0.4) is 0 Å². The second-order valence-corrected chi connectivity index (χ2v) is 16.6. The maximum absolute atomic E-state index is 13.2. The van der Waals surface area contributed by atoms with E-state index < -0.39 is 6.10 Å². The summed E-state index contributed by atoms with van der Waals surface area (Å²) in [5.74, 6) is 0.624.